The van der Waals surface area contributed by atoms with Crippen molar-refractivity contribution in [3.63, 3.8) is 0 Å². The summed E-state index contributed by atoms with van der Waals surface area (Å²) in [5.74, 6) is 0. The lowest BCUT2D eigenvalue weighted by Crippen LogP contribution is -2.10. The van der Waals surface area contributed by atoms with Crippen LogP contribution in [0.2, 0.25) is 0 Å². The van der Waals surface area contributed by atoms with Crippen LogP contribution in [0.25, 0.3) is 0 Å². The fourth-order valence-corrected chi connectivity index (χ4v) is 1.18. The molecular weight excluding hydrogens is 407 g/mol. The maximum Gasteiger partial charge on any atom is 0.0227 e. The zero-order chi connectivity index (χ0) is 10.3. The first-order valence-electron chi connectivity index (χ1n) is 3.82. The third-order valence-electron chi connectivity index (χ3n) is 1.48. The second kappa shape index (κ2) is 8.38. The van der Waals surface area contributed by atoms with Crippen LogP contribution >= 0.6 is 46.5 Å². The molecule has 4 heteroatoms. The van der Waals surface area contributed by atoms with Crippen LogP contribution in [-0.2, 0) is 6.54 Å². The standard InChI is InChI=1S/C9H14NP.I2/c1-10(2)7-8-3-5-9(11)6-4-8;1-2/h3-6H,7,11H2,1-2H3;. The van der Waals surface area contributed by atoms with Crippen molar-refractivity contribution < 1.29 is 0 Å². The Hall–Kier alpha value is 1.07. The fourth-order valence-electron chi connectivity index (χ4n) is 0.988. The maximum absolute atomic E-state index is 2.68. The molecule has 0 amide bonds. The van der Waals surface area contributed by atoms with Gasteiger partial charge in [-0.3, -0.25) is 0 Å². The van der Waals surface area contributed by atoms with Gasteiger partial charge in [0.1, 0.15) is 0 Å². The summed E-state index contributed by atoms with van der Waals surface area (Å²) in [7, 11) is 6.84. The molecule has 1 rings (SSSR count). The van der Waals surface area contributed by atoms with E-state index in [0.29, 0.717) is 0 Å². The first kappa shape index (κ1) is 14.1. The van der Waals surface area contributed by atoms with Gasteiger partial charge in [0.25, 0.3) is 0 Å². The first-order valence-corrected chi connectivity index (χ1v) is 10.7. The number of hydrogen-bond acceptors (Lipinski definition) is 1. The quantitative estimate of drug-likeness (QED) is 0.525. The molecule has 13 heavy (non-hydrogen) atoms. The Kier molecular flexibility index (Phi) is 9.07. The summed E-state index contributed by atoms with van der Waals surface area (Å²) < 4.78 is 0. The van der Waals surface area contributed by atoms with E-state index in [2.05, 4.69) is 89.7 Å². The highest BCUT2D eigenvalue weighted by Gasteiger charge is 1.92. The lowest BCUT2D eigenvalue weighted by Gasteiger charge is -2.08. The van der Waals surface area contributed by atoms with Crippen molar-refractivity contribution in [1.82, 2.24) is 4.90 Å². The third kappa shape index (κ3) is 7.05. The van der Waals surface area contributed by atoms with Crippen molar-refractivity contribution in [3.8, 4) is 0 Å². The molecule has 1 aromatic rings. The second-order valence-electron chi connectivity index (χ2n) is 2.98. The van der Waals surface area contributed by atoms with Gasteiger partial charge in [-0.15, -0.1) is 9.24 Å². The summed E-state index contributed by atoms with van der Waals surface area (Å²) in [6, 6.07) is 8.54. The number of halogens is 2. The molecule has 0 bridgehead atoms. The molecule has 0 fully saturated rings. The van der Waals surface area contributed by atoms with Crippen molar-refractivity contribution in [3.05, 3.63) is 29.8 Å². The zero-order valence-electron chi connectivity index (χ0n) is 7.80. The van der Waals surface area contributed by atoms with Gasteiger partial charge in [-0.2, -0.15) is 0 Å². The molecule has 0 radical (unpaired) electrons. The summed E-state index contributed by atoms with van der Waals surface area (Å²) in [5.41, 5.74) is 1.36. The smallest absolute Gasteiger partial charge is 0.0227 e. The maximum atomic E-state index is 2.68. The molecule has 0 saturated heterocycles. The molecule has 1 atom stereocenters. The molecule has 0 heterocycles. The number of hydrogen-bond donors (Lipinski definition) is 0. The van der Waals surface area contributed by atoms with Crippen LogP contribution in [0.5, 0.6) is 0 Å². The molecule has 1 aromatic carbocycles. The first-order chi connectivity index (χ1) is 6.18. The normalized spacial score (nSPS) is 9.38. The Balaban J connectivity index is 0.000000671. The third-order valence-corrected chi connectivity index (χ3v) is 1.86. The minimum atomic E-state index is 1.02. The van der Waals surface area contributed by atoms with Crippen LogP contribution in [0.3, 0.4) is 0 Å². The number of benzene rings is 1. The summed E-state index contributed by atoms with van der Waals surface area (Å²) in [4.78, 5) is 2.16. The highest BCUT2D eigenvalue weighted by Crippen LogP contribution is 2.00. The molecular formula is C9H14I2NP. The van der Waals surface area contributed by atoms with E-state index in [1.807, 2.05) is 0 Å². The van der Waals surface area contributed by atoms with Gasteiger partial charge in [-0.05, 0) is 25.0 Å². The van der Waals surface area contributed by atoms with E-state index in [9.17, 15) is 0 Å². The van der Waals surface area contributed by atoms with Crippen LogP contribution in [0, 0.1) is 0 Å². The minimum Gasteiger partial charge on any atom is -0.305 e. The SMILES string of the molecule is CN(C)Cc1ccc(P)cc1.II. The molecule has 0 aliphatic heterocycles. The summed E-state index contributed by atoms with van der Waals surface area (Å²) in [5, 5.41) is 1.24. The van der Waals surface area contributed by atoms with Crippen LogP contribution in [0.1, 0.15) is 5.56 Å². The van der Waals surface area contributed by atoms with Crippen molar-refractivity contribution in [2.45, 2.75) is 6.54 Å². The Morgan fingerprint density at radius 3 is 2.00 bits per heavy atom. The average Bonchev–Trinajstić information content (AvgIpc) is 2.12. The van der Waals surface area contributed by atoms with Gasteiger partial charge < -0.3 is 4.90 Å². The predicted molar refractivity (Wildman–Crippen MR) is 81.2 cm³/mol. The van der Waals surface area contributed by atoms with Crippen LogP contribution in [0.15, 0.2) is 24.3 Å². The van der Waals surface area contributed by atoms with E-state index in [-0.39, 0.29) is 0 Å². The molecule has 1 nitrogen and oxygen atoms in total. The van der Waals surface area contributed by atoms with Crippen LogP contribution in [-0.4, -0.2) is 19.0 Å². The van der Waals surface area contributed by atoms with Gasteiger partial charge in [0.2, 0.25) is 0 Å². The molecule has 0 N–H and O–H groups in total. The predicted octanol–water partition coefficient (Wildman–Crippen LogP) is 3.02. The Morgan fingerprint density at radius 2 is 1.62 bits per heavy atom. The summed E-state index contributed by atoms with van der Waals surface area (Å²) in [6.07, 6.45) is 0. The summed E-state index contributed by atoms with van der Waals surface area (Å²) in [6.45, 7) is 1.02. The van der Waals surface area contributed by atoms with Crippen molar-refractivity contribution in [1.29, 1.82) is 0 Å². The van der Waals surface area contributed by atoms with Gasteiger partial charge in [0, 0.05) is 43.8 Å². The molecule has 0 aliphatic rings. The average molecular weight is 421 g/mol. The second-order valence-corrected chi connectivity index (χ2v) is 3.65. The topological polar surface area (TPSA) is 3.24 Å². The van der Waals surface area contributed by atoms with Crippen molar-refractivity contribution in [2.75, 3.05) is 14.1 Å². The lowest BCUT2D eigenvalue weighted by atomic mass is 10.2. The van der Waals surface area contributed by atoms with Crippen LogP contribution < -0.4 is 5.30 Å². The molecule has 1 unspecified atom stereocenters. The number of nitrogens with zero attached hydrogens (tertiary/aromatic N) is 1. The van der Waals surface area contributed by atoms with E-state index >= 15 is 0 Å². The Bertz CT molecular complexity index is 224. The monoisotopic (exact) mass is 421 g/mol. The molecule has 0 spiro atoms. The Morgan fingerprint density at radius 1 is 1.15 bits per heavy atom. The van der Waals surface area contributed by atoms with Gasteiger partial charge in [-0.1, -0.05) is 24.3 Å². The van der Waals surface area contributed by atoms with Crippen LogP contribution in [0.4, 0.5) is 0 Å². The van der Waals surface area contributed by atoms with Crippen molar-refractivity contribution in [2.24, 2.45) is 0 Å². The van der Waals surface area contributed by atoms with E-state index in [0.717, 1.165) is 6.54 Å². The highest BCUT2D eigenvalue weighted by molar-refractivity contribution is 15.0. The zero-order valence-corrected chi connectivity index (χ0v) is 13.3. The van der Waals surface area contributed by atoms with Gasteiger partial charge in [-0.25, -0.2) is 0 Å². The number of rotatable bonds is 2. The van der Waals surface area contributed by atoms with Crippen molar-refractivity contribution >= 4 is 51.8 Å². The van der Waals surface area contributed by atoms with E-state index < -0.39 is 0 Å². The summed E-state index contributed by atoms with van der Waals surface area (Å²) >= 11 is 4.24. The van der Waals surface area contributed by atoms with E-state index in [1.165, 1.54) is 10.9 Å². The molecule has 0 saturated carbocycles. The highest BCUT2D eigenvalue weighted by atomic mass is 128. The molecule has 74 valence electrons. The largest absolute Gasteiger partial charge is 0.305 e. The lowest BCUT2D eigenvalue weighted by molar-refractivity contribution is 0.402. The Labute approximate surface area is 106 Å². The van der Waals surface area contributed by atoms with E-state index in [4.69, 9.17) is 0 Å². The van der Waals surface area contributed by atoms with E-state index in [1.54, 1.807) is 0 Å². The fraction of sp³-hybridized carbons (Fsp3) is 0.333. The molecule has 0 aromatic heterocycles. The van der Waals surface area contributed by atoms with Gasteiger partial charge in [0.05, 0.1) is 0 Å². The minimum absolute atomic E-state index is 1.02. The molecule has 0 aliphatic carbocycles. The van der Waals surface area contributed by atoms with Gasteiger partial charge >= 0.3 is 0 Å². The van der Waals surface area contributed by atoms with Gasteiger partial charge in [0.15, 0.2) is 0 Å².